The van der Waals surface area contributed by atoms with Gasteiger partial charge in [0.05, 0.1) is 22.3 Å². The second-order valence-electron chi connectivity index (χ2n) is 4.46. The number of anilines is 1. The lowest BCUT2D eigenvalue weighted by atomic mass is 10.2. The summed E-state index contributed by atoms with van der Waals surface area (Å²) in [5.41, 5.74) is 7.05. The second-order valence-corrected chi connectivity index (χ2v) is 6.61. The molecule has 0 spiro atoms. The predicted octanol–water partition coefficient (Wildman–Crippen LogP) is 2.99. The summed E-state index contributed by atoms with van der Waals surface area (Å²) in [4.78, 5) is 21.6. The van der Waals surface area contributed by atoms with Gasteiger partial charge < -0.3 is 11.1 Å². The molecule has 0 bridgehead atoms. The number of halogens is 1. The summed E-state index contributed by atoms with van der Waals surface area (Å²) in [6.45, 7) is 5.82. The van der Waals surface area contributed by atoms with Crippen molar-refractivity contribution in [3.8, 4) is 0 Å². The Balaban J connectivity index is 2.19. The number of amides is 1. The fourth-order valence-corrected chi connectivity index (χ4v) is 3.18. The minimum Gasteiger partial charge on any atom is -0.383 e. The normalized spacial score (nSPS) is 12.2. The Labute approximate surface area is 129 Å². The first kappa shape index (κ1) is 14.9. The Bertz CT molecular complexity index is 656. The molecule has 5 nitrogen and oxygen atoms in total. The molecule has 0 saturated carbocycles. The molecule has 106 valence electrons. The number of thiazole rings is 1. The Kier molecular flexibility index (Phi) is 4.39. The minimum atomic E-state index is -0.241. The summed E-state index contributed by atoms with van der Waals surface area (Å²) in [6.07, 6.45) is 1.56. The number of pyridine rings is 1. The van der Waals surface area contributed by atoms with E-state index in [2.05, 4.69) is 31.2 Å². The molecule has 1 unspecified atom stereocenters. The molecular weight excluding hydrogens is 340 g/mol. The third-order valence-corrected chi connectivity index (χ3v) is 4.50. The number of carbonyl (C=O) groups excluding carboxylic acids is 1. The monoisotopic (exact) mass is 354 g/mol. The van der Waals surface area contributed by atoms with Crippen LogP contribution in [0.25, 0.3) is 0 Å². The number of hydrogen-bond donors (Lipinski definition) is 2. The van der Waals surface area contributed by atoms with Gasteiger partial charge in [0.1, 0.15) is 5.82 Å². The maximum Gasteiger partial charge on any atom is 0.255 e. The van der Waals surface area contributed by atoms with E-state index in [1.807, 2.05) is 20.8 Å². The topological polar surface area (TPSA) is 80.9 Å². The van der Waals surface area contributed by atoms with Crippen LogP contribution in [0.15, 0.2) is 16.7 Å². The van der Waals surface area contributed by atoms with E-state index < -0.39 is 0 Å². The van der Waals surface area contributed by atoms with Crippen LogP contribution < -0.4 is 11.1 Å². The molecule has 2 aromatic heterocycles. The summed E-state index contributed by atoms with van der Waals surface area (Å²) in [7, 11) is 0. The fourth-order valence-electron chi connectivity index (χ4n) is 1.92. The number of nitrogens with one attached hydrogen (secondary N) is 1. The van der Waals surface area contributed by atoms with E-state index in [1.54, 1.807) is 23.6 Å². The summed E-state index contributed by atoms with van der Waals surface area (Å²) in [5, 5.41) is 3.91. The first-order valence-corrected chi connectivity index (χ1v) is 7.65. The van der Waals surface area contributed by atoms with E-state index in [-0.39, 0.29) is 17.8 Å². The molecule has 0 fully saturated rings. The number of hydrogen-bond acceptors (Lipinski definition) is 5. The highest BCUT2D eigenvalue weighted by atomic mass is 79.9. The standard InChI is InChI=1S/C13H15BrN4OS/c1-6-11(20-8(3)17-6)7(2)18-13(19)10-4-9(14)5-16-12(10)15/h4-5,7H,1-3H3,(H2,15,16)(H,18,19). The van der Waals surface area contributed by atoms with Crippen LogP contribution in [0.2, 0.25) is 0 Å². The van der Waals surface area contributed by atoms with Gasteiger partial charge in [-0.25, -0.2) is 9.97 Å². The minimum absolute atomic E-state index is 0.118. The number of aromatic nitrogens is 2. The lowest BCUT2D eigenvalue weighted by Crippen LogP contribution is -2.27. The predicted molar refractivity (Wildman–Crippen MR) is 83.8 cm³/mol. The molecule has 2 aromatic rings. The van der Waals surface area contributed by atoms with Gasteiger partial charge in [-0.1, -0.05) is 0 Å². The summed E-state index contributed by atoms with van der Waals surface area (Å²) in [6, 6.07) is 1.54. The number of nitrogens with two attached hydrogens (primary N) is 1. The van der Waals surface area contributed by atoms with E-state index in [9.17, 15) is 4.79 Å². The number of nitrogen functional groups attached to an aromatic ring is 1. The number of nitrogens with zero attached hydrogens (tertiary/aromatic N) is 2. The first-order chi connectivity index (χ1) is 9.38. The Hall–Kier alpha value is -1.47. The molecule has 3 N–H and O–H groups in total. The largest absolute Gasteiger partial charge is 0.383 e. The Morgan fingerprint density at radius 3 is 2.80 bits per heavy atom. The lowest BCUT2D eigenvalue weighted by Gasteiger charge is -2.13. The van der Waals surface area contributed by atoms with Crippen molar-refractivity contribution in [3.63, 3.8) is 0 Å². The lowest BCUT2D eigenvalue weighted by molar-refractivity contribution is 0.0941. The molecule has 2 rings (SSSR count). The van der Waals surface area contributed by atoms with Crippen molar-refractivity contribution >= 4 is 39.0 Å². The van der Waals surface area contributed by atoms with Crippen molar-refractivity contribution in [2.75, 3.05) is 5.73 Å². The maximum absolute atomic E-state index is 12.3. The summed E-state index contributed by atoms with van der Waals surface area (Å²) < 4.78 is 0.717. The molecule has 0 aliphatic carbocycles. The van der Waals surface area contributed by atoms with Gasteiger partial charge in [0.15, 0.2) is 0 Å². The SMILES string of the molecule is Cc1nc(C)c(C(C)NC(=O)c2cc(Br)cnc2N)s1. The van der Waals surface area contributed by atoms with E-state index in [0.717, 1.165) is 15.6 Å². The number of carbonyl (C=O) groups is 1. The van der Waals surface area contributed by atoms with Crippen molar-refractivity contribution in [1.29, 1.82) is 0 Å². The number of rotatable bonds is 3. The fraction of sp³-hybridized carbons (Fsp3) is 0.308. The van der Waals surface area contributed by atoms with E-state index in [4.69, 9.17) is 5.73 Å². The Morgan fingerprint density at radius 2 is 2.20 bits per heavy atom. The molecule has 20 heavy (non-hydrogen) atoms. The molecule has 2 heterocycles. The molecule has 0 aliphatic heterocycles. The van der Waals surface area contributed by atoms with Gasteiger partial charge in [-0.2, -0.15) is 0 Å². The van der Waals surface area contributed by atoms with Gasteiger partial charge in [0.25, 0.3) is 5.91 Å². The van der Waals surface area contributed by atoms with Crippen LogP contribution in [0.5, 0.6) is 0 Å². The zero-order valence-electron chi connectivity index (χ0n) is 11.4. The molecular formula is C13H15BrN4OS. The molecule has 0 saturated heterocycles. The highest BCUT2D eigenvalue weighted by Gasteiger charge is 2.18. The van der Waals surface area contributed by atoms with Gasteiger partial charge in [-0.05, 0) is 42.8 Å². The van der Waals surface area contributed by atoms with Crippen LogP contribution in [0, 0.1) is 13.8 Å². The average Bonchev–Trinajstić information content (AvgIpc) is 2.71. The molecule has 0 aromatic carbocycles. The Morgan fingerprint density at radius 1 is 1.50 bits per heavy atom. The van der Waals surface area contributed by atoms with Crippen LogP contribution in [0.4, 0.5) is 5.82 Å². The third-order valence-electron chi connectivity index (χ3n) is 2.81. The molecule has 1 atom stereocenters. The molecule has 0 aliphatic rings. The van der Waals surface area contributed by atoms with Gasteiger partial charge in [-0.3, -0.25) is 4.79 Å². The van der Waals surface area contributed by atoms with Crippen molar-refractivity contribution in [1.82, 2.24) is 15.3 Å². The van der Waals surface area contributed by atoms with Crippen molar-refractivity contribution < 1.29 is 4.79 Å². The van der Waals surface area contributed by atoms with Crippen LogP contribution >= 0.6 is 27.3 Å². The highest BCUT2D eigenvalue weighted by Crippen LogP contribution is 2.25. The second kappa shape index (κ2) is 5.88. The molecule has 1 amide bonds. The molecule has 0 radical (unpaired) electrons. The highest BCUT2D eigenvalue weighted by molar-refractivity contribution is 9.10. The van der Waals surface area contributed by atoms with Crippen LogP contribution in [0.3, 0.4) is 0 Å². The molecule has 7 heteroatoms. The van der Waals surface area contributed by atoms with E-state index in [1.165, 1.54) is 0 Å². The first-order valence-electron chi connectivity index (χ1n) is 6.04. The van der Waals surface area contributed by atoms with E-state index >= 15 is 0 Å². The van der Waals surface area contributed by atoms with Crippen molar-refractivity contribution in [3.05, 3.63) is 37.9 Å². The zero-order valence-corrected chi connectivity index (χ0v) is 13.8. The van der Waals surface area contributed by atoms with E-state index in [0.29, 0.717) is 10.0 Å². The van der Waals surface area contributed by atoms with Gasteiger partial charge in [0.2, 0.25) is 0 Å². The van der Waals surface area contributed by atoms with Crippen LogP contribution in [-0.2, 0) is 0 Å². The zero-order chi connectivity index (χ0) is 14.9. The van der Waals surface area contributed by atoms with Gasteiger partial charge >= 0.3 is 0 Å². The van der Waals surface area contributed by atoms with Crippen molar-refractivity contribution in [2.24, 2.45) is 0 Å². The van der Waals surface area contributed by atoms with Crippen molar-refractivity contribution in [2.45, 2.75) is 26.8 Å². The summed E-state index contributed by atoms with van der Waals surface area (Å²) in [5.74, 6) is -0.0237. The average molecular weight is 355 g/mol. The smallest absolute Gasteiger partial charge is 0.255 e. The number of aryl methyl sites for hydroxylation is 2. The summed E-state index contributed by atoms with van der Waals surface area (Å²) >= 11 is 4.87. The van der Waals surface area contributed by atoms with Gasteiger partial charge in [-0.15, -0.1) is 11.3 Å². The quantitative estimate of drug-likeness (QED) is 0.887. The maximum atomic E-state index is 12.3. The van der Waals surface area contributed by atoms with Crippen LogP contribution in [-0.4, -0.2) is 15.9 Å². The van der Waals surface area contributed by atoms with Crippen LogP contribution in [0.1, 0.15) is 38.9 Å². The third kappa shape index (κ3) is 3.16. The van der Waals surface area contributed by atoms with Gasteiger partial charge in [0, 0.05) is 15.5 Å².